The second-order valence-corrected chi connectivity index (χ2v) is 9.31. The maximum absolute atomic E-state index is 12.5. The Morgan fingerprint density at radius 2 is 1.46 bits per heavy atom. The number of ether oxygens (including phenoxy) is 1. The van der Waals surface area contributed by atoms with Crippen molar-refractivity contribution in [3.05, 3.63) is 71.8 Å². The van der Waals surface area contributed by atoms with E-state index in [-0.39, 0.29) is 5.91 Å². The summed E-state index contributed by atoms with van der Waals surface area (Å²) in [5, 5.41) is 5.65. The van der Waals surface area contributed by atoms with Crippen molar-refractivity contribution in [2.45, 2.75) is 58.8 Å². The van der Waals surface area contributed by atoms with Crippen LogP contribution in [-0.4, -0.2) is 55.5 Å². The largest absolute Gasteiger partial charge is 0.444 e. The lowest BCUT2D eigenvalue weighted by molar-refractivity contribution is 0.0526. The molecule has 0 atom stereocenters. The Bertz CT molecular complexity index is 990. The number of rotatable bonds is 12. The number of hydrogen-bond donors (Lipinski definition) is 4. The van der Waals surface area contributed by atoms with Crippen molar-refractivity contribution in [2.24, 2.45) is 0 Å². The number of carbonyl (C=O) groups is 2. The third kappa shape index (κ3) is 9.62. The average Bonchev–Trinajstić information content (AvgIpc) is 3.50. The van der Waals surface area contributed by atoms with Gasteiger partial charge in [-0.05, 0) is 51.3 Å². The molecule has 2 aromatic heterocycles. The van der Waals surface area contributed by atoms with Crippen LogP contribution in [0.25, 0.3) is 0 Å². The van der Waals surface area contributed by atoms with Crippen LogP contribution < -0.4 is 10.6 Å². The molecule has 0 fully saturated rings. The van der Waals surface area contributed by atoms with Crippen LogP contribution in [0, 0.1) is 0 Å². The number of imidazole rings is 2. The molecule has 0 spiro atoms. The number of unbranched alkanes of at least 4 members (excludes halogenated alkanes) is 1. The van der Waals surface area contributed by atoms with E-state index in [4.69, 9.17) is 4.74 Å². The number of benzene rings is 1. The Kier molecular flexibility index (Phi) is 9.42. The Labute approximate surface area is 205 Å². The zero-order valence-corrected chi connectivity index (χ0v) is 20.6. The molecule has 0 bridgehead atoms. The molecule has 0 aliphatic heterocycles. The van der Waals surface area contributed by atoms with Crippen molar-refractivity contribution in [2.75, 3.05) is 13.1 Å². The SMILES string of the molecule is CC(C)(C)OC(=O)NCCCCNC(=O)c1ccc(CN(Cc2ncc[nH]2)Cc2ncc[nH]2)cc1. The van der Waals surface area contributed by atoms with E-state index in [1.54, 1.807) is 12.4 Å². The molecule has 2 heterocycles. The van der Waals surface area contributed by atoms with Crippen LogP contribution in [0.5, 0.6) is 0 Å². The summed E-state index contributed by atoms with van der Waals surface area (Å²) >= 11 is 0. The molecule has 0 unspecified atom stereocenters. The number of nitrogens with zero attached hydrogens (tertiary/aromatic N) is 3. The average molecular weight is 482 g/mol. The van der Waals surface area contributed by atoms with Crippen LogP contribution in [0.2, 0.25) is 0 Å². The van der Waals surface area contributed by atoms with Gasteiger partial charge in [0.1, 0.15) is 17.2 Å². The number of carbonyl (C=O) groups excluding carboxylic acids is 2. The second kappa shape index (κ2) is 12.7. The van der Waals surface area contributed by atoms with Crippen LogP contribution in [0.4, 0.5) is 4.79 Å². The number of nitrogens with one attached hydrogen (secondary N) is 4. The highest BCUT2D eigenvalue weighted by Gasteiger charge is 2.15. The van der Waals surface area contributed by atoms with E-state index in [0.29, 0.717) is 38.3 Å². The van der Waals surface area contributed by atoms with Crippen molar-refractivity contribution in [1.29, 1.82) is 0 Å². The fourth-order valence-electron chi connectivity index (χ4n) is 3.44. The zero-order chi connectivity index (χ0) is 25.1. The van der Waals surface area contributed by atoms with Crippen LogP contribution in [0.3, 0.4) is 0 Å². The lowest BCUT2D eigenvalue weighted by Gasteiger charge is -2.20. The minimum atomic E-state index is -0.509. The molecular formula is C25H35N7O3. The number of amides is 2. The molecule has 3 aromatic rings. The molecule has 10 heteroatoms. The summed E-state index contributed by atoms with van der Waals surface area (Å²) in [4.78, 5) is 41.2. The first-order valence-electron chi connectivity index (χ1n) is 11.8. The third-order valence-electron chi connectivity index (χ3n) is 5.04. The molecular weight excluding hydrogens is 446 g/mol. The molecule has 0 aliphatic rings. The number of aromatic amines is 2. The highest BCUT2D eigenvalue weighted by Crippen LogP contribution is 2.12. The maximum atomic E-state index is 12.5. The summed E-state index contributed by atoms with van der Waals surface area (Å²) in [6.45, 7) is 8.51. The first-order valence-corrected chi connectivity index (χ1v) is 11.8. The Morgan fingerprint density at radius 3 is 1.97 bits per heavy atom. The molecule has 0 saturated heterocycles. The molecule has 3 rings (SSSR count). The summed E-state index contributed by atoms with van der Waals surface area (Å²) in [6, 6.07) is 7.62. The number of aromatic nitrogens is 4. The van der Waals surface area contributed by atoms with Gasteiger partial charge in [-0.1, -0.05) is 12.1 Å². The fraction of sp³-hybridized carbons (Fsp3) is 0.440. The quantitative estimate of drug-likeness (QED) is 0.294. The van der Waals surface area contributed by atoms with Gasteiger partial charge in [0.05, 0.1) is 13.1 Å². The monoisotopic (exact) mass is 481 g/mol. The molecule has 2 amide bonds. The van der Waals surface area contributed by atoms with Crippen molar-refractivity contribution in [3.8, 4) is 0 Å². The molecule has 0 radical (unpaired) electrons. The summed E-state index contributed by atoms with van der Waals surface area (Å²) in [5.41, 5.74) is 1.20. The number of alkyl carbamates (subject to hydrolysis) is 1. The van der Waals surface area contributed by atoms with Crippen molar-refractivity contribution < 1.29 is 14.3 Å². The van der Waals surface area contributed by atoms with Crippen LogP contribution >= 0.6 is 0 Å². The summed E-state index contributed by atoms with van der Waals surface area (Å²) in [7, 11) is 0. The normalized spacial score (nSPS) is 11.4. The van der Waals surface area contributed by atoms with Gasteiger partial charge in [0.15, 0.2) is 0 Å². The van der Waals surface area contributed by atoms with E-state index in [9.17, 15) is 9.59 Å². The van der Waals surface area contributed by atoms with Gasteiger partial charge in [-0.2, -0.15) is 0 Å². The molecule has 4 N–H and O–H groups in total. The summed E-state index contributed by atoms with van der Waals surface area (Å²) < 4.78 is 5.19. The number of hydrogen-bond acceptors (Lipinski definition) is 6. The van der Waals surface area contributed by atoms with Crippen molar-refractivity contribution in [3.63, 3.8) is 0 Å². The second-order valence-electron chi connectivity index (χ2n) is 9.31. The molecule has 0 aliphatic carbocycles. The van der Waals surface area contributed by atoms with Gasteiger partial charge in [0.2, 0.25) is 0 Å². The fourth-order valence-corrected chi connectivity index (χ4v) is 3.44. The van der Waals surface area contributed by atoms with E-state index >= 15 is 0 Å². The van der Waals surface area contributed by atoms with E-state index in [1.807, 2.05) is 57.4 Å². The van der Waals surface area contributed by atoms with Gasteiger partial charge in [-0.25, -0.2) is 14.8 Å². The lowest BCUT2D eigenvalue weighted by atomic mass is 10.1. The highest BCUT2D eigenvalue weighted by molar-refractivity contribution is 5.94. The lowest BCUT2D eigenvalue weighted by Crippen LogP contribution is -2.33. The van der Waals surface area contributed by atoms with E-state index in [2.05, 4.69) is 35.5 Å². The topological polar surface area (TPSA) is 128 Å². The standard InChI is InChI=1S/C25H35N7O3/c1-25(2,3)35-24(34)31-11-5-4-10-30-23(33)20-8-6-19(7-9-20)16-32(17-21-26-12-13-27-21)18-22-28-14-15-29-22/h6-9,12-15H,4-5,10-11,16-18H2,1-3H3,(H,26,27)(H,28,29)(H,30,33)(H,31,34). The summed E-state index contributed by atoms with van der Waals surface area (Å²) in [5.74, 6) is 1.65. The highest BCUT2D eigenvalue weighted by atomic mass is 16.6. The van der Waals surface area contributed by atoms with Crippen LogP contribution in [0.15, 0.2) is 49.1 Å². The molecule has 1 aromatic carbocycles. The Balaban J connectivity index is 1.41. The van der Waals surface area contributed by atoms with Crippen molar-refractivity contribution in [1.82, 2.24) is 35.5 Å². The molecule has 188 valence electrons. The van der Waals surface area contributed by atoms with Crippen molar-refractivity contribution >= 4 is 12.0 Å². The van der Waals surface area contributed by atoms with Crippen LogP contribution in [0.1, 0.15) is 61.2 Å². The Morgan fingerprint density at radius 1 is 0.886 bits per heavy atom. The smallest absolute Gasteiger partial charge is 0.407 e. The van der Waals surface area contributed by atoms with Gasteiger partial charge in [-0.3, -0.25) is 9.69 Å². The van der Waals surface area contributed by atoms with Gasteiger partial charge in [0.25, 0.3) is 5.91 Å². The third-order valence-corrected chi connectivity index (χ3v) is 5.04. The van der Waals surface area contributed by atoms with Gasteiger partial charge in [-0.15, -0.1) is 0 Å². The van der Waals surface area contributed by atoms with E-state index in [0.717, 1.165) is 30.1 Å². The molecule has 10 nitrogen and oxygen atoms in total. The van der Waals surface area contributed by atoms with E-state index < -0.39 is 11.7 Å². The maximum Gasteiger partial charge on any atom is 0.407 e. The first kappa shape index (κ1) is 26.0. The van der Waals surface area contributed by atoms with Crippen LogP contribution in [-0.2, 0) is 24.4 Å². The van der Waals surface area contributed by atoms with Gasteiger partial charge < -0.3 is 25.3 Å². The van der Waals surface area contributed by atoms with Gasteiger partial charge >= 0.3 is 6.09 Å². The van der Waals surface area contributed by atoms with E-state index in [1.165, 1.54) is 0 Å². The van der Waals surface area contributed by atoms with Gasteiger partial charge in [0, 0.05) is 50.0 Å². The Hall–Kier alpha value is -3.66. The molecule has 35 heavy (non-hydrogen) atoms. The molecule has 0 saturated carbocycles. The predicted octanol–water partition coefficient (Wildman–Crippen LogP) is 3.37. The predicted molar refractivity (Wildman–Crippen MR) is 132 cm³/mol. The first-order chi connectivity index (χ1) is 16.8. The zero-order valence-electron chi connectivity index (χ0n) is 20.6. The number of H-pyrrole nitrogens is 2. The minimum absolute atomic E-state index is 0.111. The minimum Gasteiger partial charge on any atom is -0.444 e. The summed E-state index contributed by atoms with van der Waals surface area (Å²) in [6.07, 6.45) is 8.19.